The van der Waals surface area contributed by atoms with Crippen LogP contribution in [0.25, 0.3) is 0 Å². The lowest BCUT2D eigenvalue weighted by Gasteiger charge is -2.25. The van der Waals surface area contributed by atoms with E-state index in [0.717, 1.165) is 5.56 Å². The summed E-state index contributed by atoms with van der Waals surface area (Å²) in [6.07, 6.45) is 5.91. The van der Waals surface area contributed by atoms with Gasteiger partial charge in [0.1, 0.15) is 17.8 Å². The third-order valence-electron chi connectivity index (χ3n) is 5.54. The first-order valence-corrected chi connectivity index (χ1v) is 12.8. The second kappa shape index (κ2) is 15.6. The molecule has 0 bridgehead atoms. The van der Waals surface area contributed by atoms with Crippen molar-refractivity contribution in [3.8, 4) is 0 Å². The van der Waals surface area contributed by atoms with Gasteiger partial charge in [-0.15, -0.1) is 0 Å². The number of benzene rings is 1. The van der Waals surface area contributed by atoms with E-state index >= 15 is 0 Å². The maximum absolute atomic E-state index is 13.1. The Morgan fingerprint density at radius 2 is 1.65 bits per heavy atom. The van der Waals surface area contributed by atoms with Gasteiger partial charge >= 0.3 is 0 Å². The van der Waals surface area contributed by atoms with E-state index in [1.165, 1.54) is 25.6 Å². The summed E-state index contributed by atoms with van der Waals surface area (Å²) in [5.74, 6) is -1.35. The van der Waals surface area contributed by atoms with E-state index in [1.807, 2.05) is 44.2 Å². The van der Waals surface area contributed by atoms with Gasteiger partial charge in [0, 0.05) is 32.4 Å². The van der Waals surface area contributed by atoms with Crippen LogP contribution in [-0.2, 0) is 20.8 Å². The zero-order valence-electron chi connectivity index (χ0n) is 21.4. The molecule has 1 aromatic heterocycles. The molecule has 0 saturated carbocycles. The second-order valence-corrected chi connectivity index (χ2v) is 9.68. The summed E-state index contributed by atoms with van der Waals surface area (Å²) in [5.41, 5.74) is 1.12. The van der Waals surface area contributed by atoms with Gasteiger partial charge in [0.15, 0.2) is 0 Å². The van der Waals surface area contributed by atoms with Crippen LogP contribution in [0.1, 0.15) is 49.2 Å². The number of likely N-dealkylation sites (N-methyl/N-ethyl adjacent to an activating group) is 1. The minimum absolute atomic E-state index is 0.123. The SMILES string of the molecule is CNC(=O)[C@H](Cc1ccccc1)NC(=O)C(CC(C)C)NC(=O)C(S)CCCNC(=O)c1cnccn1. The zero-order chi connectivity index (χ0) is 27.2. The van der Waals surface area contributed by atoms with Crippen LogP contribution < -0.4 is 21.3 Å². The average molecular weight is 529 g/mol. The highest BCUT2D eigenvalue weighted by molar-refractivity contribution is 7.81. The first-order valence-electron chi connectivity index (χ1n) is 12.3. The molecule has 2 rings (SSSR count). The second-order valence-electron chi connectivity index (χ2n) is 9.06. The molecule has 11 heteroatoms. The molecule has 0 saturated heterocycles. The van der Waals surface area contributed by atoms with E-state index in [1.54, 1.807) is 0 Å². The first kappa shape index (κ1) is 29.8. The highest BCUT2D eigenvalue weighted by Crippen LogP contribution is 2.11. The fourth-order valence-electron chi connectivity index (χ4n) is 3.61. The molecule has 2 unspecified atom stereocenters. The van der Waals surface area contributed by atoms with E-state index in [2.05, 4.69) is 43.9 Å². The lowest BCUT2D eigenvalue weighted by molar-refractivity contribution is -0.132. The van der Waals surface area contributed by atoms with Gasteiger partial charge in [-0.3, -0.25) is 24.2 Å². The number of carbonyl (C=O) groups excluding carboxylic acids is 4. The largest absolute Gasteiger partial charge is 0.357 e. The Balaban J connectivity index is 1.91. The van der Waals surface area contributed by atoms with Gasteiger partial charge in [-0.05, 0) is 30.7 Å². The highest BCUT2D eigenvalue weighted by Gasteiger charge is 2.28. The van der Waals surface area contributed by atoms with Crippen LogP contribution >= 0.6 is 12.6 Å². The van der Waals surface area contributed by atoms with Crippen molar-refractivity contribution in [3.05, 3.63) is 60.2 Å². The Morgan fingerprint density at radius 1 is 0.946 bits per heavy atom. The average Bonchev–Trinajstić information content (AvgIpc) is 2.90. The van der Waals surface area contributed by atoms with Crippen LogP contribution in [0.5, 0.6) is 0 Å². The maximum Gasteiger partial charge on any atom is 0.271 e. The smallest absolute Gasteiger partial charge is 0.271 e. The fourth-order valence-corrected chi connectivity index (χ4v) is 3.87. The molecule has 0 spiro atoms. The summed E-state index contributed by atoms with van der Waals surface area (Å²) >= 11 is 4.39. The fraction of sp³-hybridized carbons (Fsp3) is 0.462. The monoisotopic (exact) mass is 528 g/mol. The third-order valence-corrected chi connectivity index (χ3v) is 6.03. The molecule has 0 fully saturated rings. The van der Waals surface area contributed by atoms with Crippen LogP contribution in [0.4, 0.5) is 0 Å². The van der Waals surface area contributed by atoms with Gasteiger partial charge in [-0.2, -0.15) is 12.6 Å². The van der Waals surface area contributed by atoms with Crippen molar-refractivity contribution in [2.24, 2.45) is 5.92 Å². The number of carbonyl (C=O) groups is 4. The van der Waals surface area contributed by atoms with Crippen LogP contribution in [-0.4, -0.2) is 64.5 Å². The molecule has 1 heterocycles. The molecule has 37 heavy (non-hydrogen) atoms. The summed E-state index contributed by atoms with van der Waals surface area (Å²) in [7, 11) is 1.51. The van der Waals surface area contributed by atoms with Gasteiger partial charge in [0.05, 0.1) is 11.4 Å². The van der Waals surface area contributed by atoms with Crippen molar-refractivity contribution in [1.29, 1.82) is 0 Å². The summed E-state index contributed by atoms with van der Waals surface area (Å²) in [6.45, 7) is 4.23. The van der Waals surface area contributed by atoms with Gasteiger partial charge in [0.2, 0.25) is 17.7 Å². The topological polar surface area (TPSA) is 142 Å². The Kier molecular flexibility index (Phi) is 12.5. The molecule has 0 aliphatic rings. The number of nitrogens with one attached hydrogen (secondary N) is 4. The molecule has 4 N–H and O–H groups in total. The Bertz CT molecular complexity index is 1020. The van der Waals surface area contributed by atoms with Crippen molar-refractivity contribution < 1.29 is 19.2 Å². The number of hydrogen-bond acceptors (Lipinski definition) is 7. The van der Waals surface area contributed by atoms with E-state index in [4.69, 9.17) is 0 Å². The van der Waals surface area contributed by atoms with Crippen LogP contribution in [0.3, 0.4) is 0 Å². The Morgan fingerprint density at radius 3 is 2.27 bits per heavy atom. The number of amides is 4. The van der Waals surface area contributed by atoms with E-state index in [9.17, 15) is 19.2 Å². The third kappa shape index (κ3) is 10.6. The van der Waals surface area contributed by atoms with Crippen molar-refractivity contribution in [2.45, 2.75) is 56.9 Å². The number of nitrogens with zero attached hydrogens (tertiary/aromatic N) is 2. The lowest BCUT2D eigenvalue weighted by atomic mass is 10.0. The Hall–Kier alpha value is -3.47. The van der Waals surface area contributed by atoms with Crippen molar-refractivity contribution >= 4 is 36.3 Å². The quantitative estimate of drug-likeness (QED) is 0.185. The summed E-state index contributed by atoms with van der Waals surface area (Å²) in [4.78, 5) is 58.2. The number of aromatic nitrogens is 2. The standard InChI is InChI=1S/C26H36N6O4S/c1-17(2)14-19(25(35)31-20(23(33)27-3)15-18-8-5-4-6-9-18)32-26(36)22(37)10-7-11-30-24(34)21-16-28-12-13-29-21/h4-6,8-9,12-13,16-17,19-20,22,37H,7,10-11,14-15H2,1-3H3,(H,27,33)(H,30,34)(H,31,35)(H,32,36)/t19?,20-,22?/m0/s1. The van der Waals surface area contributed by atoms with Crippen molar-refractivity contribution in [2.75, 3.05) is 13.6 Å². The maximum atomic E-state index is 13.1. The lowest BCUT2D eigenvalue weighted by Crippen LogP contribution is -2.55. The summed E-state index contributed by atoms with van der Waals surface area (Å²) in [5, 5.41) is 10.2. The Labute approximate surface area is 223 Å². The van der Waals surface area contributed by atoms with Gasteiger partial charge < -0.3 is 21.3 Å². The minimum Gasteiger partial charge on any atom is -0.357 e. The molecule has 0 aliphatic carbocycles. The van der Waals surface area contributed by atoms with Crippen molar-refractivity contribution in [3.63, 3.8) is 0 Å². The van der Waals surface area contributed by atoms with Crippen LogP contribution in [0.2, 0.25) is 0 Å². The van der Waals surface area contributed by atoms with Gasteiger partial charge in [-0.25, -0.2) is 4.98 Å². The summed E-state index contributed by atoms with van der Waals surface area (Å²) in [6, 6.07) is 7.79. The number of thiol groups is 1. The molecule has 0 aliphatic heterocycles. The molecule has 3 atom stereocenters. The predicted octanol–water partition coefficient (Wildman–Crippen LogP) is 1.29. The van der Waals surface area contributed by atoms with Crippen LogP contribution in [0, 0.1) is 5.92 Å². The molecule has 1 aromatic carbocycles. The minimum atomic E-state index is -0.818. The van der Waals surface area contributed by atoms with Gasteiger partial charge in [-0.1, -0.05) is 44.2 Å². The molecular weight excluding hydrogens is 492 g/mol. The van der Waals surface area contributed by atoms with Gasteiger partial charge in [0.25, 0.3) is 5.91 Å². The van der Waals surface area contributed by atoms with Crippen molar-refractivity contribution in [1.82, 2.24) is 31.2 Å². The normalized spacial score (nSPS) is 13.2. The number of rotatable bonds is 14. The van der Waals surface area contributed by atoms with E-state index in [0.29, 0.717) is 32.2 Å². The number of hydrogen-bond donors (Lipinski definition) is 5. The predicted molar refractivity (Wildman–Crippen MR) is 144 cm³/mol. The highest BCUT2D eigenvalue weighted by atomic mass is 32.1. The van der Waals surface area contributed by atoms with Crippen LogP contribution in [0.15, 0.2) is 48.9 Å². The molecular formula is C26H36N6O4S. The molecule has 200 valence electrons. The zero-order valence-corrected chi connectivity index (χ0v) is 22.3. The summed E-state index contributed by atoms with van der Waals surface area (Å²) < 4.78 is 0. The van der Waals surface area contributed by atoms with E-state index < -0.39 is 23.2 Å². The molecule has 10 nitrogen and oxygen atoms in total. The molecule has 4 amide bonds. The first-order chi connectivity index (χ1) is 17.7. The molecule has 2 aromatic rings. The van der Waals surface area contributed by atoms with E-state index in [-0.39, 0.29) is 29.3 Å². The molecule has 0 radical (unpaired) electrons.